The SMILES string of the molecule is CC(=O)Nc1cc(C(=O)NCc2ccco2)ccc1Nc1cccc(Cl)c1. The molecule has 3 N–H and O–H groups in total. The van der Waals surface area contributed by atoms with Gasteiger partial charge in [0.2, 0.25) is 5.91 Å². The van der Waals surface area contributed by atoms with Crippen molar-refractivity contribution >= 4 is 40.5 Å². The lowest BCUT2D eigenvalue weighted by molar-refractivity contribution is -0.114. The fourth-order valence-corrected chi connectivity index (χ4v) is 2.68. The van der Waals surface area contributed by atoms with Gasteiger partial charge >= 0.3 is 0 Å². The van der Waals surface area contributed by atoms with Crippen molar-refractivity contribution in [1.29, 1.82) is 0 Å². The number of amides is 2. The molecule has 0 atom stereocenters. The zero-order valence-corrected chi connectivity index (χ0v) is 15.3. The van der Waals surface area contributed by atoms with Crippen molar-refractivity contribution in [3.8, 4) is 0 Å². The van der Waals surface area contributed by atoms with Crippen molar-refractivity contribution in [3.63, 3.8) is 0 Å². The van der Waals surface area contributed by atoms with Crippen molar-refractivity contribution in [1.82, 2.24) is 5.32 Å². The van der Waals surface area contributed by atoms with Crippen LogP contribution in [0.4, 0.5) is 17.1 Å². The van der Waals surface area contributed by atoms with Crippen molar-refractivity contribution in [2.24, 2.45) is 0 Å². The van der Waals surface area contributed by atoms with E-state index in [0.29, 0.717) is 27.7 Å². The molecule has 0 bridgehead atoms. The zero-order valence-electron chi connectivity index (χ0n) is 14.6. The number of anilines is 3. The summed E-state index contributed by atoms with van der Waals surface area (Å²) >= 11 is 6.01. The maximum atomic E-state index is 12.4. The molecule has 138 valence electrons. The molecule has 3 rings (SSSR count). The van der Waals surface area contributed by atoms with E-state index in [9.17, 15) is 9.59 Å². The first kappa shape index (κ1) is 18.5. The van der Waals surface area contributed by atoms with E-state index in [-0.39, 0.29) is 18.4 Å². The molecular weight excluding hydrogens is 366 g/mol. The van der Waals surface area contributed by atoms with Gasteiger partial charge < -0.3 is 20.4 Å². The molecule has 0 aliphatic heterocycles. The molecule has 0 aliphatic rings. The summed E-state index contributed by atoms with van der Waals surface area (Å²) in [4.78, 5) is 24.0. The Bertz CT molecular complexity index is 955. The smallest absolute Gasteiger partial charge is 0.251 e. The molecular formula is C20H18ClN3O3. The number of rotatable bonds is 6. The molecule has 0 radical (unpaired) electrons. The Morgan fingerprint density at radius 1 is 1.04 bits per heavy atom. The summed E-state index contributed by atoms with van der Waals surface area (Å²) in [5.41, 5.74) is 2.33. The third kappa shape index (κ3) is 5.12. The predicted octanol–water partition coefficient (Wildman–Crippen LogP) is 4.57. The summed E-state index contributed by atoms with van der Waals surface area (Å²) in [5.74, 6) is 0.147. The first-order chi connectivity index (χ1) is 13.0. The Balaban J connectivity index is 1.80. The summed E-state index contributed by atoms with van der Waals surface area (Å²) in [6.45, 7) is 1.69. The third-order valence-corrected chi connectivity index (χ3v) is 3.93. The van der Waals surface area contributed by atoms with E-state index in [2.05, 4.69) is 16.0 Å². The van der Waals surface area contributed by atoms with Gasteiger partial charge in [-0.1, -0.05) is 17.7 Å². The number of hydrogen-bond donors (Lipinski definition) is 3. The molecule has 0 unspecified atom stereocenters. The average molecular weight is 384 g/mol. The molecule has 6 nitrogen and oxygen atoms in total. The molecule has 1 aromatic heterocycles. The average Bonchev–Trinajstić information content (AvgIpc) is 3.14. The highest BCUT2D eigenvalue weighted by atomic mass is 35.5. The van der Waals surface area contributed by atoms with E-state index in [1.165, 1.54) is 6.92 Å². The van der Waals surface area contributed by atoms with E-state index < -0.39 is 0 Å². The van der Waals surface area contributed by atoms with Gasteiger partial charge in [0.25, 0.3) is 5.91 Å². The summed E-state index contributed by atoms with van der Waals surface area (Å²) in [6.07, 6.45) is 1.55. The van der Waals surface area contributed by atoms with E-state index in [4.69, 9.17) is 16.0 Å². The second-order valence-electron chi connectivity index (χ2n) is 5.84. The van der Waals surface area contributed by atoms with Crippen LogP contribution in [-0.2, 0) is 11.3 Å². The van der Waals surface area contributed by atoms with Crippen LogP contribution in [0, 0.1) is 0 Å². The van der Waals surface area contributed by atoms with Gasteiger partial charge in [-0.15, -0.1) is 0 Å². The molecule has 27 heavy (non-hydrogen) atoms. The van der Waals surface area contributed by atoms with Crippen molar-refractivity contribution in [3.05, 3.63) is 77.2 Å². The van der Waals surface area contributed by atoms with E-state index in [1.807, 2.05) is 12.1 Å². The fourth-order valence-electron chi connectivity index (χ4n) is 2.49. The van der Waals surface area contributed by atoms with Gasteiger partial charge in [0, 0.05) is 23.2 Å². The van der Waals surface area contributed by atoms with Crippen molar-refractivity contribution < 1.29 is 14.0 Å². The molecule has 0 aliphatic carbocycles. The molecule has 0 saturated carbocycles. The molecule has 3 aromatic rings. The summed E-state index contributed by atoms with van der Waals surface area (Å²) in [7, 11) is 0. The van der Waals surface area contributed by atoms with Crippen LogP contribution in [0.15, 0.2) is 65.3 Å². The number of benzene rings is 2. The fraction of sp³-hybridized carbons (Fsp3) is 0.100. The van der Waals surface area contributed by atoms with Crippen LogP contribution in [0.25, 0.3) is 0 Å². The predicted molar refractivity (Wildman–Crippen MR) is 105 cm³/mol. The summed E-state index contributed by atoms with van der Waals surface area (Å²) in [5, 5.41) is 9.30. The van der Waals surface area contributed by atoms with Gasteiger partial charge in [-0.3, -0.25) is 9.59 Å². The lowest BCUT2D eigenvalue weighted by Crippen LogP contribution is -2.22. The minimum atomic E-state index is -0.271. The van der Waals surface area contributed by atoms with Crippen LogP contribution >= 0.6 is 11.6 Å². The zero-order chi connectivity index (χ0) is 19.2. The molecule has 7 heteroatoms. The Labute approximate surface area is 161 Å². The quantitative estimate of drug-likeness (QED) is 0.582. The second-order valence-corrected chi connectivity index (χ2v) is 6.28. The van der Waals surface area contributed by atoms with E-state index in [0.717, 1.165) is 5.69 Å². The maximum Gasteiger partial charge on any atom is 0.251 e. The van der Waals surface area contributed by atoms with Crippen LogP contribution in [0.1, 0.15) is 23.0 Å². The largest absolute Gasteiger partial charge is 0.467 e. The minimum absolute atomic E-state index is 0.239. The number of carbonyl (C=O) groups excluding carboxylic acids is 2. The van der Waals surface area contributed by atoms with Gasteiger partial charge in [0.05, 0.1) is 24.2 Å². The first-order valence-corrected chi connectivity index (χ1v) is 8.64. The van der Waals surface area contributed by atoms with Crippen molar-refractivity contribution in [2.45, 2.75) is 13.5 Å². The monoisotopic (exact) mass is 383 g/mol. The summed E-state index contributed by atoms with van der Waals surface area (Å²) in [6, 6.07) is 15.8. The number of hydrogen-bond acceptors (Lipinski definition) is 4. The van der Waals surface area contributed by atoms with Crippen LogP contribution in [0.2, 0.25) is 5.02 Å². The van der Waals surface area contributed by atoms with Gasteiger partial charge in [0.15, 0.2) is 0 Å². The summed E-state index contributed by atoms with van der Waals surface area (Å²) < 4.78 is 5.20. The number of nitrogens with one attached hydrogen (secondary N) is 3. The van der Waals surface area contributed by atoms with E-state index in [1.54, 1.807) is 48.7 Å². The van der Waals surface area contributed by atoms with Gasteiger partial charge in [-0.25, -0.2) is 0 Å². The normalized spacial score (nSPS) is 10.3. The van der Waals surface area contributed by atoms with Crippen LogP contribution in [0.3, 0.4) is 0 Å². The molecule has 1 heterocycles. The topological polar surface area (TPSA) is 83.4 Å². The lowest BCUT2D eigenvalue weighted by Gasteiger charge is -2.14. The molecule has 0 spiro atoms. The third-order valence-electron chi connectivity index (χ3n) is 3.70. The molecule has 2 aromatic carbocycles. The number of carbonyl (C=O) groups is 2. The maximum absolute atomic E-state index is 12.4. The van der Waals surface area contributed by atoms with Crippen LogP contribution < -0.4 is 16.0 Å². The van der Waals surface area contributed by atoms with Gasteiger partial charge in [-0.05, 0) is 48.5 Å². The standard InChI is InChI=1S/C20H18ClN3O3/c1-13(25)23-19-10-14(20(26)22-12-17-6-3-9-27-17)7-8-18(19)24-16-5-2-4-15(21)11-16/h2-11,24H,12H2,1H3,(H,22,26)(H,23,25). The van der Waals surface area contributed by atoms with Gasteiger partial charge in [0.1, 0.15) is 5.76 Å². The first-order valence-electron chi connectivity index (χ1n) is 8.26. The Kier molecular flexibility index (Phi) is 5.78. The minimum Gasteiger partial charge on any atom is -0.467 e. The van der Waals surface area contributed by atoms with Crippen LogP contribution in [0.5, 0.6) is 0 Å². The number of halogens is 1. The highest BCUT2D eigenvalue weighted by Crippen LogP contribution is 2.28. The Morgan fingerprint density at radius 2 is 1.89 bits per heavy atom. The Morgan fingerprint density at radius 3 is 2.59 bits per heavy atom. The molecule has 2 amide bonds. The van der Waals surface area contributed by atoms with Crippen LogP contribution in [-0.4, -0.2) is 11.8 Å². The molecule has 0 fully saturated rings. The second kappa shape index (κ2) is 8.42. The highest BCUT2D eigenvalue weighted by Gasteiger charge is 2.12. The Hall–Kier alpha value is -3.25. The van der Waals surface area contributed by atoms with Crippen molar-refractivity contribution in [2.75, 3.05) is 10.6 Å². The molecule has 0 saturated heterocycles. The van der Waals surface area contributed by atoms with Gasteiger partial charge in [-0.2, -0.15) is 0 Å². The highest BCUT2D eigenvalue weighted by molar-refractivity contribution is 6.30. The lowest BCUT2D eigenvalue weighted by atomic mass is 10.1. The number of furan rings is 1. The van der Waals surface area contributed by atoms with E-state index >= 15 is 0 Å².